The minimum absolute atomic E-state index is 0.760. The maximum atomic E-state index is 4.51. The predicted octanol–water partition coefficient (Wildman–Crippen LogP) is 3.10. The van der Waals surface area contributed by atoms with Crippen LogP contribution in [0, 0.1) is 13.8 Å². The van der Waals surface area contributed by atoms with Crippen LogP contribution in [-0.2, 0) is 0 Å². The summed E-state index contributed by atoms with van der Waals surface area (Å²) < 4.78 is 0. The van der Waals surface area contributed by atoms with Crippen LogP contribution in [0.1, 0.15) is 24.1 Å². The van der Waals surface area contributed by atoms with Crippen LogP contribution in [0.5, 0.6) is 0 Å². The van der Waals surface area contributed by atoms with Crippen molar-refractivity contribution in [1.82, 2.24) is 10.3 Å². The van der Waals surface area contributed by atoms with Gasteiger partial charge in [0.1, 0.15) is 0 Å². The Morgan fingerprint density at radius 3 is 2.88 bits per heavy atom. The number of hydrogen-bond donors (Lipinski definition) is 1. The molecule has 2 nitrogen and oxygen atoms in total. The van der Waals surface area contributed by atoms with Gasteiger partial charge in [0, 0.05) is 24.0 Å². The molecule has 0 atom stereocenters. The Bertz CT molecular complexity index is 390. The van der Waals surface area contributed by atoms with Crippen LogP contribution in [0.3, 0.4) is 0 Å². The Labute approximate surface area is 108 Å². The van der Waals surface area contributed by atoms with Crippen LogP contribution in [0.15, 0.2) is 29.3 Å². The number of aromatic nitrogens is 1. The second-order valence-corrected chi connectivity index (χ2v) is 5.81. The van der Waals surface area contributed by atoms with Crippen molar-refractivity contribution in [3.8, 4) is 0 Å². The van der Waals surface area contributed by atoms with Crippen molar-refractivity contribution in [2.75, 3.05) is 12.3 Å². The first kappa shape index (κ1) is 12.7. The van der Waals surface area contributed by atoms with Gasteiger partial charge in [-0.3, -0.25) is 0 Å². The maximum absolute atomic E-state index is 4.51. The molecule has 2 rings (SSSR count). The molecule has 0 saturated heterocycles. The maximum Gasteiger partial charge on any atom is 0.0968 e. The summed E-state index contributed by atoms with van der Waals surface area (Å²) in [4.78, 5) is 4.51. The second-order valence-electron chi connectivity index (χ2n) is 4.82. The Morgan fingerprint density at radius 1 is 1.47 bits per heavy atom. The Morgan fingerprint density at radius 2 is 2.24 bits per heavy atom. The lowest BCUT2D eigenvalue weighted by Crippen LogP contribution is -2.19. The van der Waals surface area contributed by atoms with Crippen molar-refractivity contribution < 1.29 is 0 Å². The summed E-state index contributed by atoms with van der Waals surface area (Å²) in [6.07, 6.45) is 2.66. The summed E-state index contributed by atoms with van der Waals surface area (Å²) in [7, 11) is 0. The smallest absolute Gasteiger partial charge is 0.0968 e. The van der Waals surface area contributed by atoms with Gasteiger partial charge < -0.3 is 5.32 Å². The van der Waals surface area contributed by atoms with Gasteiger partial charge in [-0.15, -0.1) is 11.8 Å². The van der Waals surface area contributed by atoms with Crippen molar-refractivity contribution in [2.45, 2.75) is 37.8 Å². The average Bonchev–Trinajstić information content (AvgIpc) is 3.06. The van der Waals surface area contributed by atoms with Crippen LogP contribution >= 0.6 is 11.8 Å². The molecule has 3 heteroatoms. The Kier molecular flexibility index (Phi) is 4.24. The molecule has 1 aromatic rings. The molecule has 17 heavy (non-hydrogen) atoms. The molecular weight excluding hydrogens is 228 g/mol. The summed E-state index contributed by atoms with van der Waals surface area (Å²) in [6.45, 7) is 9.21. The highest BCUT2D eigenvalue weighted by Crippen LogP contribution is 2.21. The lowest BCUT2D eigenvalue weighted by molar-refractivity contribution is 0.736. The summed E-state index contributed by atoms with van der Waals surface area (Å²) in [5, 5.41) is 4.59. The zero-order valence-electron chi connectivity index (χ0n) is 10.6. The van der Waals surface area contributed by atoms with Crippen molar-refractivity contribution in [3.05, 3.63) is 35.5 Å². The van der Waals surface area contributed by atoms with Crippen molar-refractivity contribution in [3.63, 3.8) is 0 Å². The topological polar surface area (TPSA) is 24.9 Å². The molecule has 1 fully saturated rings. The minimum atomic E-state index is 0.760. The largest absolute Gasteiger partial charge is 0.310 e. The lowest BCUT2D eigenvalue weighted by atomic mass is 10.3. The van der Waals surface area contributed by atoms with E-state index in [-0.39, 0.29) is 0 Å². The normalized spacial score (nSPS) is 14.9. The molecule has 1 aromatic heterocycles. The molecule has 92 valence electrons. The van der Waals surface area contributed by atoms with E-state index in [1.165, 1.54) is 24.0 Å². The molecule has 1 saturated carbocycles. The van der Waals surface area contributed by atoms with E-state index in [4.69, 9.17) is 0 Å². The molecule has 0 spiro atoms. The van der Waals surface area contributed by atoms with Crippen molar-refractivity contribution in [2.24, 2.45) is 0 Å². The first-order valence-corrected chi connectivity index (χ1v) is 7.10. The van der Waals surface area contributed by atoms with Gasteiger partial charge in [0.25, 0.3) is 0 Å². The summed E-state index contributed by atoms with van der Waals surface area (Å²) >= 11 is 1.78. The van der Waals surface area contributed by atoms with E-state index in [9.17, 15) is 0 Å². The van der Waals surface area contributed by atoms with Gasteiger partial charge in [0.05, 0.1) is 5.03 Å². The predicted molar refractivity (Wildman–Crippen MR) is 74.6 cm³/mol. The number of nitrogens with zero attached hydrogens (tertiary/aromatic N) is 1. The highest BCUT2D eigenvalue weighted by molar-refractivity contribution is 7.99. The quantitative estimate of drug-likeness (QED) is 0.618. The van der Waals surface area contributed by atoms with E-state index in [1.54, 1.807) is 11.8 Å². The van der Waals surface area contributed by atoms with E-state index < -0.39 is 0 Å². The van der Waals surface area contributed by atoms with Gasteiger partial charge in [0.15, 0.2) is 0 Å². The van der Waals surface area contributed by atoms with E-state index in [2.05, 4.69) is 35.9 Å². The molecule has 0 aromatic carbocycles. The van der Waals surface area contributed by atoms with Crippen molar-refractivity contribution in [1.29, 1.82) is 0 Å². The van der Waals surface area contributed by atoms with Gasteiger partial charge in [-0.05, 0) is 44.4 Å². The lowest BCUT2D eigenvalue weighted by Gasteiger charge is -2.07. The minimum Gasteiger partial charge on any atom is -0.310 e. The van der Waals surface area contributed by atoms with Gasteiger partial charge in [-0.25, -0.2) is 4.98 Å². The van der Waals surface area contributed by atoms with E-state index in [1.807, 2.05) is 6.92 Å². The van der Waals surface area contributed by atoms with Crippen LogP contribution in [0.4, 0.5) is 0 Å². The molecule has 0 amide bonds. The highest BCUT2D eigenvalue weighted by atomic mass is 32.2. The molecule has 0 radical (unpaired) electrons. The summed E-state index contributed by atoms with van der Waals surface area (Å²) in [5.41, 5.74) is 3.62. The second kappa shape index (κ2) is 5.69. The van der Waals surface area contributed by atoms with E-state index >= 15 is 0 Å². The Balaban J connectivity index is 1.77. The molecule has 0 unspecified atom stereocenters. The SMILES string of the molecule is C=C(CNC1CC1)CSc1cc(C)cc(C)n1. The van der Waals surface area contributed by atoms with Crippen LogP contribution in [0.2, 0.25) is 0 Å². The van der Waals surface area contributed by atoms with Crippen LogP contribution < -0.4 is 5.32 Å². The summed E-state index contributed by atoms with van der Waals surface area (Å²) in [6, 6.07) is 5.00. The summed E-state index contributed by atoms with van der Waals surface area (Å²) in [5.74, 6) is 0.954. The van der Waals surface area contributed by atoms with Crippen LogP contribution in [-0.4, -0.2) is 23.3 Å². The third kappa shape index (κ3) is 4.52. The molecule has 0 bridgehead atoms. The molecule has 1 aliphatic carbocycles. The fourth-order valence-corrected chi connectivity index (χ4v) is 2.61. The standard InChI is InChI=1S/C14H20N2S/c1-10-6-12(3)16-14(7-10)17-9-11(2)8-15-13-4-5-13/h6-7,13,15H,2,4-5,8-9H2,1,3H3. The third-order valence-electron chi connectivity index (χ3n) is 2.72. The van der Waals surface area contributed by atoms with Crippen LogP contribution in [0.25, 0.3) is 0 Å². The van der Waals surface area contributed by atoms with E-state index in [0.29, 0.717) is 0 Å². The highest BCUT2D eigenvalue weighted by Gasteiger charge is 2.19. The van der Waals surface area contributed by atoms with Gasteiger partial charge in [0.2, 0.25) is 0 Å². The molecule has 1 aliphatic rings. The third-order valence-corrected chi connectivity index (χ3v) is 3.77. The first-order valence-electron chi connectivity index (χ1n) is 6.11. The number of pyridine rings is 1. The number of aryl methyl sites for hydroxylation is 2. The van der Waals surface area contributed by atoms with E-state index in [0.717, 1.165) is 29.1 Å². The zero-order chi connectivity index (χ0) is 12.3. The monoisotopic (exact) mass is 248 g/mol. The molecule has 1 N–H and O–H groups in total. The fourth-order valence-electron chi connectivity index (χ4n) is 1.68. The van der Waals surface area contributed by atoms with Gasteiger partial charge >= 0.3 is 0 Å². The number of hydrogen-bond acceptors (Lipinski definition) is 3. The number of thioether (sulfide) groups is 1. The zero-order valence-corrected chi connectivity index (χ0v) is 11.4. The fraction of sp³-hybridized carbons (Fsp3) is 0.500. The van der Waals surface area contributed by atoms with Gasteiger partial charge in [-0.1, -0.05) is 12.2 Å². The van der Waals surface area contributed by atoms with Gasteiger partial charge in [-0.2, -0.15) is 0 Å². The first-order chi connectivity index (χ1) is 8.13. The molecular formula is C14H20N2S. The van der Waals surface area contributed by atoms with Crippen molar-refractivity contribution >= 4 is 11.8 Å². The Hall–Kier alpha value is -0.800. The number of nitrogens with one attached hydrogen (secondary N) is 1. The number of rotatable bonds is 6. The molecule has 1 heterocycles. The average molecular weight is 248 g/mol. The molecule has 0 aliphatic heterocycles.